The van der Waals surface area contributed by atoms with E-state index in [1.165, 1.54) is 13.8 Å². The number of rotatable bonds is 6. The monoisotopic (exact) mass is 254 g/mol. The van der Waals surface area contributed by atoms with Gasteiger partial charge in [0.05, 0.1) is 5.92 Å². The molecule has 2 atom stereocenters. The van der Waals surface area contributed by atoms with Gasteiger partial charge in [0.25, 0.3) is 0 Å². The first-order valence-corrected chi connectivity index (χ1v) is 5.85. The van der Waals surface area contributed by atoms with E-state index in [1.54, 1.807) is 0 Å². The molecule has 0 aromatic heterocycles. The van der Waals surface area contributed by atoms with E-state index in [0.29, 0.717) is 0 Å². The van der Waals surface area contributed by atoms with Gasteiger partial charge in [-0.3, -0.25) is 9.59 Å². The Morgan fingerprint density at radius 2 is 1.67 bits per heavy atom. The van der Waals surface area contributed by atoms with Crippen LogP contribution in [0.1, 0.15) is 34.6 Å². The van der Waals surface area contributed by atoms with E-state index in [-0.39, 0.29) is 24.5 Å². The summed E-state index contributed by atoms with van der Waals surface area (Å²) in [5, 5.41) is 0. The lowest BCUT2D eigenvalue weighted by Gasteiger charge is -2.24. The van der Waals surface area contributed by atoms with Gasteiger partial charge >= 0.3 is 11.9 Å². The smallest absolute Gasteiger partial charge is 0.303 e. The maximum absolute atomic E-state index is 11.1. The van der Waals surface area contributed by atoms with Crippen LogP contribution in [0.5, 0.6) is 0 Å². The maximum Gasteiger partial charge on any atom is 0.303 e. The average Bonchev–Trinajstić information content (AvgIpc) is 2.14. The number of hydrogen-bond acceptors (Lipinski definition) is 4. The minimum atomic E-state index is -0.454. The number of ether oxygens (including phenoxy) is 2. The highest BCUT2D eigenvalue weighted by atomic mass is 16.6. The summed E-state index contributed by atoms with van der Waals surface area (Å²) in [6.45, 7) is 12.4. The van der Waals surface area contributed by atoms with E-state index in [4.69, 9.17) is 9.47 Å². The van der Waals surface area contributed by atoms with Crippen LogP contribution in [0.3, 0.4) is 0 Å². The molecule has 0 radical (unpaired) electrons. The second-order valence-corrected chi connectivity index (χ2v) is 4.57. The lowest BCUT2D eigenvalue weighted by Crippen LogP contribution is -2.29. The number of hydrogen-bond donors (Lipinski definition) is 0. The van der Waals surface area contributed by atoms with E-state index in [0.717, 1.165) is 11.1 Å². The van der Waals surface area contributed by atoms with Crippen molar-refractivity contribution < 1.29 is 19.1 Å². The minimum absolute atomic E-state index is 0.159. The third-order valence-corrected chi connectivity index (χ3v) is 2.30. The summed E-state index contributed by atoms with van der Waals surface area (Å²) >= 11 is 0. The highest BCUT2D eigenvalue weighted by Crippen LogP contribution is 2.20. The molecular weight excluding hydrogens is 232 g/mol. The molecule has 0 fully saturated rings. The number of carbonyl (C=O) groups excluding carboxylic acids is 2. The van der Waals surface area contributed by atoms with Gasteiger partial charge in [-0.25, -0.2) is 0 Å². The number of allylic oxidation sites excluding steroid dienone is 1. The van der Waals surface area contributed by atoms with Crippen molar-refractivity contribution in [3.63, 3.8) is 0 Å². The minimum Gasteiger partial charge on any atom is -0.465 e. The van der Waals surface area contributed by atoms with Gasteiger partial charge < -0.3 is 9.47 Å². The Morgan fingerprint density at radius 1 is 1.11 bits per heavy atom. The molecule has 0 spiro atoms. The molecule has 18 heavy (non-hydrogen) atoms. The van der Waals surface area contributed by atoms with Crippen molar-refractivity contribution in [3.05, 3.63) is 23.8 Å². The average molecular weight is 254 g/mol. The third kappa shape index (κ3) is 6.89. The Labute approximate surface area is 109 Å². The number of esters is 2. The van der Waals surface area contributed by atoms with Crippen molar-refractivity contribution >= 4 is 11.9 Å². The summed E-state index contributed by atoms with van der Waals surface area (Å²) < 4.78 is 10.2. The first-order chi connectivity index (χ1) is 8.23. The summed E-state index contributed by atoms with van der Waals surface area (Å²) in [7, 11) is 0. The van der Waals surface area contributed by atoms with Crippen LogP contribution in [0.25, 0.3) is 0 Å². The lowest BCUT2D eigenvalue weighted by molar-refractivity contribution is -0.148. The molecule has 0 aliphatic carbocycles. The van der Waals surface area contributed by atoms with Crippen LogP contribution in [0.4, 0.5) is 0 Å². The zero-order chi connectivity index (χ0) is 14.3. The molecule has 0 saturated carbocycles. The fourth-order valence-corrected chi connectivity index (χ4v) is 1.48. The molecule has 0 saturated heterocycles. The molecule has 0 rings (SSSR count). The molecule has 0 heterocycles. The van der Waals surface area contributed by atoms with Crippen LogP contribution in [0, 0.1) is 5.92 Å². The highest BCUT2D eigenvalue weighted by Gasteiger charge is 2.24. The van der Waals surface area contributed by atoms with Crippen molar-refractivity contribution in [3.8, 4) is 0 Å². The molecule has 0 aromatic carbocycles. The molecule has 102 valence electrons. The van der Waals surface area contributed by atoms with E-state index < -0.39 is 6.10 Å². The predicted octanol–water partition coefficient (Wildman–Crippen LogP) is 2.64. The second kappa shape index (κ2) is 7.69. The quantitative estimate of drug-likeness (QED) is 0.540. The van der Waals surface area contributed by atoms with E-state index in [1.807, 2.05) is 26.8 Å². The molecular formula is C14H22O4. The van der Waals surface area contributed by atoms with Crippen molar-refractivity contribution in [2.45, 2.75) is 40.7 Å². The molecule has 0 bridgehead atoms. The Bertz CT molecular complexity index is 351. The van der Waals surface area contributed by atoms with Gasteiger partial charge in [0, 0.05) is 13.8 Å². The van der Waals surface area contributed by atoms with Crippen LogP contribution in [-0.4, -0.2) is 24.6 Å². The highest BCUT2D eigenvalue weighted by molar-refractivity contribution is 5.67. The molecule has 4 heteroatoms. The van der Waals surface area contributed by atoms with Gasteiger partial charge in [-0.2, -0.15) is 0 Å². The van der Waals surface area contributed by atoms with Gasteiger partial charge in [-0.1, -0.05) is 17.7 Å². The molecule has 4 nitrogen and oxygen atoms in total. The summed E-state index contributed by atoms with van der Waals surface area (Å²) in [6.07, 6.45) is 1.38. The van der Waals surface area contributed by atoms with Crippen LogP contribution < -0.4 is 0 Å². The summed E-state index contributed by atoms with van der Waals surface area (Å²) in [6, 6.07) is 0. The van der Waals surface area contributed by atoms with Gasteiger partial charge in [0.15, 0.2) is 0 Å². The molecule has 0 amide bonds. The van der Waals surface area contributed by atoms with Crippen LogP contribution in [0.2, 0.25) is 0 Å². The van der Waals surface area contributed by atoms with Gasteiger partial charge in [-0.15, -0.1) is 0 Å². The van der Waals surface area contributed by atoms with E-state index in [9.17, 15) is 9.59 Å². The largest absolute Gasteiger partial charge is 0.465 e. The predicted molar refractivity (Wildman–Crippen MR) is 69.9 cm³/mol. The molecule has 0 N–H and O–H groups in total. The fourth-order valence-electron chi connectivity index (χ4n) is 1.48. The second-order valence-electron chi connectivity index (χ2n) is 4.57. The van der Waals surface area contributed by atoms with Gasteiger partial charge in [-0.05, 0) is 26.8 Å². The standard InChI is InChI=1S/C14H22O4/c1-9(2)7-14(18-12(6)16)13(10(3)4)8-17-11(5)15/h7,13-14H,3,8H2,1-2,4-6H3. The summed E-state index contributed by atoms with van der Waals surface area (Å²) in [5.41, 5.74) is 1.83. The Hall–Kier alpha value is -1.58. The maximum atomic E-state index is 11.1. The van der Waals surface area contributed by atoms with Crippen molar-refractivity contribution in [2.75, 3.05) is 6.61 Å². The molecule has 0 aromatic rings. The van der Waals surface area contributed by atoms with Gasteiger partial charge in [0.2, 0.25) is 0 Å². The van der Waals surface area contributed by atoms with Crippen LogP contribution >= 0.6 is 0 Å². The third-order valence-electron chi connectivity index (χ3n) is 2.30. The topological polar surface area (TPSA) is 52.6 Å². The van der Waals surface area contributed by atoms with E-state index in [2.05, 4.69) is 6.58 Å². The van der Waals surface area contributed by atoms with Crippen molar-refractivity contribution in [1.82, 2.24) is 0 Å². The fraction of sp³-hybridized carbons (Fsp3) is 0.571. The normalized spacial score (nSPS) is 13.2. The van der Waals surface area contributed by atoms with Gasteiger partial charge in [0.1, 0.15) is 12.7 Å². The SMILES string of the molecule is C=C(C)C(COC(C)=O)C(C=C(C)C)OC(C)=O. The zero-order valence-electron chi connectivity index (χ0n) is 11.8. The van der Waals surface area contributed by atoms with Crippen molar-refractivity contribution in [1.29, 1.82) is 0 Å². The molecule has 0 aliphatic heterocycles. The first-order valence-electron chi connectivity index (χ1n) is 5.85. The Balaban J connectivity index is 4.96. The number of carbonyl (C=O) groups is 2. The zero-order valence-corrected chi connectivity index (χ0v) is 11.8. The van der Waals surface area contributed by atoms with Crippen LogP contribution in [0.15, 0.2) is 23.8 Å². The van der Waals surface area contributed by atoms with Crippen LogP contribution in [-0.2, 0) is 19.1 Å². The first kappa shape index (κ1) is 16.4. The molecule has 2 unspecified atom stereocenters. The summed E-state index contributed by atoms with van der Waals surface area (Å²) in [4.78, 5) is 22.0. The van der Waals surface area contributed by atoms with Crippen molar-refractivity contribution in [2.24, 2.45) is 5.92 Å². The molecule has 0 aliphatic rings. The van der Waals surface area contributed by atoms with E-state index >= 15 is 0 Å². The Morgan fingerprint density at radius 3 is 2.00 bits per heavy atom. The Kier molecular flexibility index (Phi) is 7.01. The summed E-state index contributed by atoms with van der Waals surface area (Å²) in [5.74, 6) is -0.959. The lowest BCUT2D eigenvalue weighted by atomic mass is 9.94.